The summed E-state index contributed by atoms with van der Waals surface area (Å²) in [6, 6.07) is 21.7. The van der Waals surface area contributed by atoms with Crippen LogP contribution in [0.5, 0.6) is 0 Å². The van der Waals surface area contributed by atoms with Crippen molar-refractivity contribution < 1.29 is 61.6 Å². The van der Waals surface area contributed by atoms with E-state index in [4.69, 9.17) is 25.1 Å². The SMILES string of the molecule is CC(C)(C)OC(=O)NC(C(=O)O)c1cccc(F)c1.CCC[C@@H](N)c1ccc(C(=O)OC)cc1.CCC[C@@H](NC(=O)C(NC(=O)OC(C)(C)C)c1cccc(F)c1)c1ccc(C(=O)OC)cc1.Cl. The Morgan fingerprint density at radius 3 is 1.35 bits per heavy atom. The molecule has 0 aromatic heterocycles. The first kappa shape index (κ1) is 59.4. The molecule has 68 heavy (non-hydrogen) atoms. The number of carboxylic acid groups (broad SMARTS) is 1. The number of aliphatic carboxylic acids is 1. The van der Waals surface area contributed by atoms with Crippen LogP contribution in [0.15, 0.2) is 97.1 Å². The molecule has 0 heterocycles. The number of nitrogens with two attached hydrogens (primary N) is 1. The second-order valence-corrected chi connectivity index (χ2v) is 17.1. The summed E-state index contributed by atoms with van der Waals surface area (Å²) in [5.41, 5.74) is 7.67. The number of esters is 2. The maximum absolute atomic E-state index is 13.9. The minimum Gasteiger partial charge on any atom is -0.479 e. The van der Waals surface area contributed by atoms with Crippen LogP contribution < -0.4 is 21.7 Å². The molecule has 0 radical (unpaired) electrons. The van der Waals surface area contributed by atoms with E-state index in [0.29, 0.717) is 17.5 Å². The van der Waals surface area contributed by atoms with Crippen LogP contribution in [0.25, 0.3) is 0 Å². The normalized spacial score (nSPS) is 12.5. The fourth-order valence-corrected chi connectivity index (χ4v) is 6.11. The number of ether oxygens (including phenoxy) is 4. The molecule has 3 amide bonds. The average Bonchev–Trinajstić information content (AvgIpc) is 3.26. The summed E-state index contributed by atoms with van der Waals surface area (Å²) >= 11 is 0. The molecule has 0 saturated heterocycles. The van der Waals surface area contributed by atoms with Crippen LogP contribution in [0.1, 0.15) is 148 Å². The van der Waals surface area contributed by atoms with Crippen LogP contribution in [0, 0.1) is 11.6 Å². The van der Waals surface area contributed by atoms with Gasteiger partial charge >= 0.3 is 30.1 Å². The van der Waals surface area contributed by atoms with Gasteiger partial charge in [0.2, 0.25) is 5.91 Å². The first-order chi connectivity index (χ1) is 31.4. The molecule has 6 N–H and O–H groups in total. The second-order valence-electron chi connectivity index (χ2n) is 17.1. The lowest BCUT2D eigenvalue weighted by Gasteiger charge is -2.26. The fourth-order valence-electron chi connectivity index (χ4n) is 6.11. The Balaban J connectivity index is 0.000000558. The van der Waals surface area contributed by atoms with E-state index in [1.165, 1.54) is 50.6 Å². The number of amides is 3. The molecule has 4 aromatic carbocycles. The molecule has 0 aliphatic heterocycles. The minimum atomic E-state index is -1.36. The van der Waals surface area contributed by atoms with E-state index < -0.39 is 65.0 Å². The number of rotatable bonds is 15. The monoisotopic (exact) mass is 970 g/mol. The Hall–Kier alpha value is -6.59. The Morgan fingerprint density at radius 2 is 0.985 bits per heavy atom. The molecular formula is C50H65ClF2N4O11. The molecule has 372 valence electrons. The van der Waals surface area contributed by atoms with E-state index in [2.05, 4.69) is 27.6 Å². The summed E-state index contributed by atoms with van der Waals surface area (Å²) in [6.07, 6.45) is 1.74. The minimum absolute atomic E-state index is 0. The van der Waals surface area contributed by atoms with Gasteiger partial charge < -0.3 is 45.7 Å². The highest BCUT2D eigenvalue weighted by Crippen LogP contribution is 2.24. The number of nitrogens with one attached hydrogen (secondary N) is 3. The van der Waals surface area contributed by atoms with Crippen molar-refractivity contribution in [1.82, 2.24) is 16.0 Å². The van der Waals surface area contributed by atoms with Crippen molar-refractivity contribution in [3.05, 3.63) is 142 Å². The number of carboxylic acids is 1. The highest BCUT2D eigenvalue weighted by Gasteiger charge is 2.29. The number of hydrogen-bond acceptors (Lipinski definition) is 11. The zero-order chi connectivity index (χ0) is 50.5. The van der Waals surface area contributed by atoms with Crippen molar-refractivity contribution in [3.63, 3.8) is 0 Å². The lowest BCUT2D eigenvalue weighted by atomic mass is 9.99. The number of carbonyl (C=O) groups excluding carboxylic acids is 5. The van der Waals surface area contributed by atoms with Crippen LogP contribution in [-0.2, 0) is 28.5 Å². The second kappa shape index (κ2) is 28.6. The quantitative estimate of drug-likeness (QED) is 0.0555. The van der Waals surface area contributed by atoms with Gasteiger partial charge in [-0.25, -0.2) is 32.8 Å². The number of alkyl carbamates (subject to hydrolysis) is 2. The van der Waals surface area contributed by atoms with E-state index in [0.717, 1.165) is 36.5 Å². The molecule has 0 aliphatic carbocycles. The summed E-state index contributed by atoms with van der Waals surface area (Å²) in [4.78, 5) is 71.2. The number of hydrogen-bond donors (Lipinski definition) is 5. The summed E-state index contributed by atoms with van der Waals surface area (Å²) < 4.78 is 46.5. The lowest BCUT2D eigenvalue weighted by Crippen LogP contribution is -2.43. The Morgan fingerprint density at radius 1 is 0.588 bits per heavy atom. The Labute approximate surface area is 403 Å². The summed E-state index contributed by atoms with van der Waals surface area (Å²) in [5.74, 6) is -3.68. The molecule has 4 atom stereocenters. The van der Waals surface area contributed by atoms with Gasteiger partial charge in [0.25, 0.3) is 0 Å². The zero-order valence-electron chi connectivity index (χ0n) is 40.1. The molecule has 0 fully saturated rings. The van der Waals surface area contributed by atoms with Crippen LogP contribution >= 0.6 is 12.4 Å². The van der Waals surface area contributed by atoms with Gasteiger partial charge in [0, 0.05) is 6.04 Å². The predicted molar refractivity (Wildman–Crippen MR) is 255 cm³/mol. The Bertz CT molecular complexity index is 2250. The van der Waals surface area contributed by atoms with E-state index in [1.807, 2.05) is 19.1 Å². The molecule has 15 nitrogen and oxygen atoms in total. The Kier molecular flexibility index (Phi) is 25.0. The van der Waals surface area contributed by atoms with Gasteiger partial charge in [0.1, 0.15) is 28.9 Å². The number of carbonyl (C=O) groups is 6. The average molecular weight is 972 g/mol. The zero-order valence-corrected chi connectivity index (χ0v) is 41.0. The van der Waals surface area contributed by atoms with Crippen molar-refractivity contribution in [2.75, 3.05) is 14.2 Å². The summed E-state index contributed by atoms with van der Waals surface area (Å²) in [6.45, 7) is 14.2. The predicted octanol–water partition coefficient (Wildman–Crippen LogP) is 10.0. The maximum Gasteiger partial charge on any atom is 0.408 e. The van der Waals surface area contributed by atoms with Gasteiger partial charge in [-0.3, -0.25) is 4.79 Å². The molecule has 0 bridgehead atoms. The van der Waals surface area contributed by atoms with E-state index in [1.54, 1.807) is 84.0 Å². The number of halogens is 3. The highest BCUT2D eigenvalue weighted by atomic mass is 35.5. The fraction of sp³-hybridized carbons (Fsp3) is 0.400. The first-order valence-corrected chi connectivity index (χ1v) is 21.6. The van der Waals surface area contributed by atoms with Crippen molar-refractivity contribution in [3.8, 4) is 0 Å². The van der Waals surface area contributed by atoms with Crippen LogP contribution in [0.3, 0.4) is 0 Å². The topological polar surface area (TPSA) is 222 Å². The van der Waals surface area contributed by atoms with Gasteiger partial charge in [0.05, 0.1) is 31.4 Å². The van der Waals surface area contributed by atoms with Crippen LogP contribution in [-0.4, -0.2) is 66.5 Å². The molecule has 0 saturated carbocycles. The summed E-state index contributed by atoms with van der Waals surface area (Å²) in [5, 5.41) is 16.7. The molecule has 4 rings (SSSR count). The van der Waals surface area contributed by atoms with Gasteiger partial charge in [-0.05, 0) is 125 Å². The maximum atomic E-state index is 13.9. The van der Waals surface area contributed by atoms with Gasteiger partial charge in [-0.1, -0.05) is 75.2 Å². The molecule has 0 aliphatic rings. The largest absolute Gasteiger partial charge is 0.479 e. The molecule has 2 unspecified atom stereocenters. The summed E-state index contributed by atoms with van der Waals surface area (Å²) in [7, 11) is 2.68. The van der Waals surface area contributed by atoms with Gasteiger partial charge in [-0.15, -0.1) is 12.4 Å². The third-order valence-electron chi connectivity index (χ3n) is 9.18. The van der Waals surface area contributed by atoms with Gasteiger partial charge in [-0.2, -0.15) is 0 Å². The lowest BCUT2D eigenvalue weighted by molar-refractivity contribution is -0.139. The van der Waals surface area contributed by atoms with Gasteiger partial charge in [0.15, 0.2) is 6.04 Å². The van der Waals surface area contributed by atoms with Crippen LogP contribution in [0.4, 0.5) is 18.4 Å². The van der Waals surface area contributed by atoms with E-state index >= 15 is 0 Å². The van der Waals surface area contributed by atoms with Crippen molar-refractivity contribution in [2.24, 2.45) is 5.73 Å². The number of methoxy groups -OCH3 is 2. The first-order valence-electron chi connectivity index (χ1n) is 21.6. The molecule has 18 heteroatoms. The highest BCUT2D eigenvalue weighted by molar-refractivity contribution is 5.90. The smallest absolute Gasteiger partial charge is 0.408 e. The van der Waals surface area contributed by atoms with Crippen molar-refractivity contribution in [2.45, 2.75) is 116 Å². The van der Waals surface area contributed by atoms with E-state index in [9.17, 15) is 37.5 Å². The van der Waals surface area contributed by atoms with Crippen molar-refractivity contribution in [1.29, 1.82) is 0 Å². The van der Waals surface area contributed by atoms with Crippen molar-refractivity contribution >= 4 is 48.4 Å². The van der Waals surface area contributed by atoms with E-state index in [-0.39, 0.29) is 41.6 Å². The standard InChI is InChI=1S/C25H31FN2O5.C13H16FNO4.C12H17NO2.ClH/c1-6-8-20(16-11-13-17(14-12-16)23(30)32-5)27-22(29)21(18-9-7-10-19(26)15-18)28-24(31)33-25(2,3)4;1-13(2,3)19-12(18)15-10(11(16)17)8-5-4-6-9(14)7-8;1-3-4-11(13)9-5-7-10(8-6-9)12(14)15-2;/h7,9-15,20-21H,6,8H2,1-5H3,(H,27,29)(H,28,31);4-7,10H,1-3H3,(H,15,18)(H,16,17);5-8,11H,3-4,13H2,1-2H3;1H/t20-,21?;;11-;/m1.1./s1. The third-order valence-corrected chi connectivity index (χ3v) is 9.18. The number of benzene rings is 4. The van der Waals surface area contributed by atoms with Crippen LogP contribution in [0.2, 0.25) is 0 Å². The molecule has 0 spiro atoms. The molecular weight excluding hydrogens is 906 g/mol. The molecule has 4 aromatic rings. The third kappa shape index (κ3) is 21.4.